The van der Waals surface area contributed by atoms with E-state index in [0.717, 1.165) is 16.6 Å². The molecule has 1 atom stereocenters. The summed E-state index contributed by atoms with van der Waals surface area (Å²) >= 11 is 3.42. The molecule has 2 nitrogen and oxygen atoms in total. The molecule has 25 heavy (non-hydrogen) atoms. The lowest BCUT2D eigenvalue weighted by Gasteiger charge is -2.19. The fraction of sp³-hybridized carbons (Fsp3) is 0.136. The lowest BCUT2D eigenvalue weighted by molar-refractivity contribution is -0.117. The Morgan fingerprint density at radius 3 is 1.88 bits per heavy atom. The number of nitrogens with one attached hydrogen (secondary N) is 1. The summed E-state index contributed by atoms with van der Waals surface area (Å²) < 4.78 is 1.000. The van der Waals surface area contributed by atoms with E-state index in [1.165, 1.54) is 11.1 Å². The minimum atomic E-state index is -0.220. The van der Waals surface area contributed by atoms with Crippen molar-refractivity contribution in [2.45, 2.75) is 11.8 Å². The molecule has 124 valence electrons. The number of hydrogen-bond acceptors (Lipinski definition) is 1. The van der Waals surface area contributed by atoms with Gasteiger partial charge in [-0.05, 0) is 41.8 Å². The summed E-state index contributed by atoms with van der Waals surface area (Å²) in [5.41, 5.74) is 3.02. The number of carbonyl (C=O) groups excluding carboxylic acids is 1. The molecule has 0 aromatic heterocycles. The molecule has 1 saturated carbocycles. The van der Waals surface area contributed by atoms with Crippen molar-refractivity contribution in [3.63, 3.8) is 0 Å². The number of amides is 1. The summed E-state index contributed by atoms with van der Waals surface area (Å²) in [6, 6.07) is 28.4. The van der Waals surface area contributed by atoms with Crippen LogP contribution in [-0.4, -0.2) is 5.91 Å². The number of benzene rings is 3. The monoisotopic (exact) mass is 391 g/mol. The lowest BCUT2D eigenvalue weighted by atomic mass is 9.85. The highest BCUT2D eigenvalue weighted by Crippen LogP contribution is 2.59. The predicted octanol–water partition coefficient (Wildman–Crippen LogP) is 5.39. The molecule has 3 heteroatoms. The Hall–Kier alpha value is -2.39. The van der Waals surface area contributed by atoms with Gasteiger partial charge in [-0.15, -0.1) is 0 Å². The van der Waals surface area contributed by atoms with E-state index in [0.29, 0.717) is 0 Å². The molecular formula is C22H18BrNO. The summed E-state index contributed by atoms with van der Waals surface area (Å²) in [7, 11) is 0. The van der Waals surface area contributed by atoms with E-state index < -0.39 is 0 Å². The van der Waals surface area contributed by atoms with Crippen molar-refractivity contribution in [2.24, 2.45) is 5.92 Å². The highest BCUT2D eigenvalue weighted by atomic mass is 79.9. The summed E-state index contributed by atoms with van der Waals surface area (Å²) in [5.74, 6) is 0.0241. The van der Waals surface area contributed by atoms with Crippen molar-refractivity contribution in [1.82, 2.24) is 0 Å². The first kappa shape index (κ1) is 16.1. The Kier molecular flexibility index (Phi) is 4.18. The van der Waals surface area contributed by atoms with Crippen LogP contribution in [-0.2, 0) is 10.2 Å². The summed E-state index contributed by atoms with van der Waals surface area (Å²) in [6.45, 7) is 0. The molecule has 0 bridgehead atoms. The van der Waals surface area contributed by atoms with Crippen LogP contribution in [0.2, 0.25) is 0 Å². The van der Waals surface area contributed by atoms with Crippen LogP contribution in [0.4, 0.5) is 5.69 Å². The minimum Gasteiger partial charge on any atom is -0.326 e. The second-order valence-corrected chi connectivity index (χ2v) is 7.37. The van der Waals surface area contributed by atoms with Gasteiger partial charge in [0.1, 0.15) is 0 Å². The van der Waals surface area contributed by atoms with Crippen molar-refractivity contribution in [2.75, 3.05) is 5.32 Å². The normalized spacial score (nSPS) is 17.7. The maximum Gasteiger partial charge on any atom is 0.228 e. The van der Waals surface area contributed by atoms with Gasteiger partial charge in [0, 0.05) is 15.6 Å². The van der Waals surface area contributed by atoms with Crippen LogP contribution in [0.1, 0.15) is 17.5 Å². The molecule has 4 rings (SSSR count). The molecule has 1 aliphatic rings. The first-order chi connectivity index (χ1) is 12.2. The molecule has 0 unspecified atom stereocenters. The summed E-state index contributed by atoms with van der Waals surface area (Å²) in [6.07, 6.45) is 0.837. The zero-order valence-electron chi connectivity index (χ0n) is 13.7. The van der Waals surface area contributed by atoms with Gasteiger partial charge in [0.15, 0.2) is 0 Å². The van der Waals surface area contributed by atoms with Crippen LogP contribution in [0.3, 0.4) is 0 Å². The molecule has 0 spiro atoms. The van der Waals surface area contributed by atoms with Gasteiger partial charge in [-0.25, -0.2) is 0 Å². The molecule has 3 aromatic carbocycles. The fourth-order valence-electron chi connectivity index (χ4n) is 3.62. The second kappa shape index (κ2) is 6.49. The van der Waals surface area contributed by atoms with Crippen LogP contribution in [0.25, 0.3) is 0 Å². The average Bonchev–Trinajstić information content (AvgIpc) is 3.42. The summed E-state index contributed by atoms with van der Waals surface area (Å²) in [5, 5.41) is 3.07. The van der Waals surface area contributed by atoms with Crippen molar-refractivity contribution in [3.8, 4) is 0 Å². The van der Waals surface area contributed by atoms with E-state index in [4.69, 9.17) is 0 Å². The van der Waals surface area contributed by atoms with E-state index in [1.54, 1.807) is 0 Å². The van der Waals surface area contributed by atoms with Gasteiger partial charge in [-0.3, -0.25) is 4.79 Å². The number of hydrogen-bond donors (Lipinski definition) is 1. The van der Waals surface area contributed by atoms with Crippen LogP contribution in [0.15, 0.2) is 89.4 Å². The van der Waals surface area contributed by atoms with Gasteiger partial charge in [0.25, 0.3) is 0 Å². The van der Waals surface area contributed by atoms with Gasteiger partial charge < -0.3 is 5.32 Å². The van der Waals surface area contributed by atoms with Gasteiger partial charge in [0.05, 0.1) is 5.92 Å². The van der Waals surface area contributed by atoms with E-state index >= 15 is 0 Å². The molecule has 0 heterocycles. The van der Waals surface area contributed by atoms with Gasteiger partial charge in [-0.2, -0.15) is 0 Å². The molecule has 1 aliphatic carbocycles. The smallest absolute Gasteiger partial charge is 0.228 e. The molecular weight excluding hydrogens is 374 g/mol. The SMILES string of the molecule is O=C(Nc1ccc(Br)cc1)[C@H]1CC1(c1ccccc1)c1ccccc1. The maximum absolute atomic E-state index is 12.9. The zero-order chi connectivity index (χ0) is 17.3. The molecule has 0 aliphatic heterocycles. The fourth-order valence-corrected chi connectivity index (χ4v) is 3.88. The van der Waals surface area contributed by atoms with Gasteiger partial charge in [0.2, 0.25) is 5.91 Å². The van der Waals surface area contributed by atoms with Crippen molar-refractivity contribution < 1.29 is 4.79 Å². The highest BCUT2D eigenvalue weighted by molar-refractivity contribution is 9.10. The number of halogens is 1. The summed E-state index contributed by atoms with van der Waals surface area (Å²) in [4.78, 5) is 12.9. The predicted molar refractivity (Wildman–Crippen MR) is 105 cm³/mol. The van der Waals surface area contributed by atoms with E-state index in [1.807, 2.05) is 60.7 Å². The highest BCUT2D eigenvalue weighted by Gasteiger charge is 2.60. The van der Waals surface area contributed by atoms with E-state index in [9.17, 15) is 4.79 Å². The van der Waals surface area contributed by atoms with Crippen LogP contribution >= 0.6 is 15.9 Å². The van der Waals surface area contributed by atoms with Crippen molar-refractivity contribution >= 4 is 27.5 Å². The Bertz CT molecular complexity index is 835. The second-order valence-electron chi connectivity index (χ2n) is 6.46. The van der Waals surface area contributed by atoms with Crippen molar-refractivity contribution in [1.29, 1.82) is 0 Å². The maximum atomic E-state index is 12.9. The van der Waals surface area contributed by atoms with Gasteiger partial charge in [-0.1, -0.05) is 76.6 Å². The quantitative estimate of drug-likeness (QED) is 0.634. The number of rotatable bonds is 4. The van der Waals surface area contributed by atoms with Crippen LogP contribution < -0.4 is 5.32 Å². The van der Waals surface area contributed by atoms with Crippen molar-refractivity contribution in [3.05, 3.63) is 101 Å². The topological polar surface area (TPSA) is 29.1 Å². The van der Waals surface area contributed by atoms with Gasteiger partial charge >= 0.3 is 0 Å². The molecule has 1 N–H and O–H groups in total. The molecule has 0 saturated heterocycles. The molecule has 1 amide bonds. The third-order valence-electron chi connectivity index (χ3n) is 4.97. The molecule has 0 radical (unpaired) electrons. The zero-order valence-corrected chi connectivity index (χ0v) is 15.2. The Balaban J connectivity index is 1.64. The average molecular weight is 392 g/mol. The van der Waals surface area contributed by atoms with E-state index in [2.05, 4.69) is 45.5 Å². The van der Waals surface area contributed by atoms with Crippen LogP contribution in [0.5, 0.6) is 0 Å². The molecule has 3 aromatic rings. The Labute approximate surface area is 156 Å². The Morgan fingerprint density at radius 2 is 1.36 bits per heavy atom. The Morgan fingerprint density at radius 1 is 0.840 bits per heavy atom. The standard InChI is InChI=1S/C22H18BrNO/c23-18-11-13-19(14-12-18)24-21(25)20-15-22(20,16-7-3-1-4-8-16)17-9-5-2-6-10-17/h1-14,20H,15H2,(H,24,25)/t20-/m1/s1. The minimum absolute atomic E-state index is 0.0547. The lowest BCUT2D eigenvalue weighted by Crippen LogP contribution is -2.22. The first-order valence-corrected chi connectivity index (χ1v) is 9.17. The first-order valence-electron chi connectivity index (χ1n) is 8.37. The number of carbonyl (C=O) groups is 1. The third kappa shape index (κ3) is 3.00. The number of anilines is 1. The molecule has 1 fully saturated rings. The third-order valence-corrected chi connectivity index (χ3v) is 5.50. The largest absolute Gasteiger partial charge is 0.326 e. The van der Waals surface area contributed by atoms with E-state index in [-0.39, 0.29) is 17.2 Å². The van der Waals surface area contributed by atoms with Crippen LogP contribution in [0, 0.1) is 5.92 Å².